The SMILES string of the molecule is O=[N+]([O-])c1ccc(O)c(/C=N/N=C2\C[C@@H](c3ccccc3)N=N2)c1. The van der Waals surface area contributed by atoms with Crippen molar-refractivity contribution in [2.24, 2.45) is 20.4 Å². The number of phenolic OH excluding ortho intramolecular Hbond substituents is 1. The van der Waals surface area contributed by atoms with Crippen LogP contribution in [0.5, 0.6) is 5.75 Å². The molecule has 0 aliphatic carbocycles. The highest BCUT2D eigenvalue weighted by Crippen LogP contribution is 2.27. The molecule has 1 N–H and O–H groups in total. The number of azo groups is 1. The molecular weight excluding hydrogens is 310 g/mol. The van der Waals surface area contributed by atoms with E-state index in [9.17, 15) is 15.2 Å². The van der Waals surface area contributed by atoms with Crippen LogP contribution in [-0.2, 0) is 0 Å². The summed E-state index contributed by atoms with van der Waals surface area (Å²) in [7, 11) is 0. The lowest BCUT2D eigenvalue weighted by Gasteiger charge is -2.02. The Balaban J connectivity index is 1.71. The molecule has 0 bridgehead atoms. The Hall–Kier alpha value is -3.42. The Morgan fingerprint density at radius 3 is 2.79 bits per heavy atom. The summed E-state index contributed by atoms with van der Waals surface area (Å²) in [6.45, 7) is 0. The molecule has 2 aromatic rings. The zero-order valence-corrected chi connectivity index (χ0v) is 12.5. The van der Waals surface area contributed by atoms with E-state index in [0.717, 1.165) is 5.56 Å². The summed E-state index contributed by atoms with van der Waals surface area (Å²) in [5, 5.41) is 36.4. The molecule has 1 aliphatic heterocycles. The van der Waals surface area contributed by atoms with E-state index in [1.807, 2.05) is 30.3 Å². The molecular formula is C16H13N5O3. The van der Waals surface area contributed by atoms with Gasteiger partial charge < -0.3 is 5.11 Å². The van der Waals surface area contributed by atoms with Crippen molar-refractivity contribution < 1.29 is 10.0 Å². The van der Waals surface area contributed by atoms with Crippen LogP contribution in [-0.4, -0.2) is 22.1 Å². The van der Waals surface area contributed by atoms with Gasteiger partial charge in [-0.05, 0) is 11.6 Å². The van der Waals surface area contributed by atoms with Crippen LogP contribution in [0.4, 0.5) is 5.69 Å². The lowest BCUT2D eigenvalue weighted by molar-refractivity contribution is -0.384. The summed E-state index contributed by atoms with van der Waals surface area (Å²) in [5.74, 6) is 0.352. The van der Waals surface area contributed by atoms with Crippen LogP contribution in [0.2, 0.25) is 0 Å². The fourth-order valence-electron chi connectivity index (χ4n) is 2.23. The number of rotatable bonds is 4. The molecule has 0 saturated heterocycles. The monoisotopic (exact) mass is 323 g/mol. The van der Waals surface area contributed by atoms with Crippen LogP contribution in [0.25, 0.3) is 0 Å². The number of amidine groups is 1. The van der Waals surface area contributed by atoms with E-state index >= 15 is 0 Å². The van der Waals surface area contributed by atoms with Crippen molar-refractivity contribution in [3.05, 3.63) is 69.8 Å². The topological polar surface area (TPSA) is 113 Å². The molecule has 0 radical (unpaired) electrons. The molecule has 0 unspecified atom stereocenters. The van der Waals surface area contributed by atoms with Gasteiger partial charge in [-0.3, -0.25) is 10.1 Å². The first kappa shape index (κ1) is 15.5. The molecule has 2 aromatic carbocycles. The number of hydrogen-bond donors (Lipinski definition) is 1. The van der Waals surface area contributed by atoms with E-state index in [1.54, 1.807) is 0 Å². The number of nitro groups is 1. The fourth-order valence-corrected chi connectivity index (χ4v) is 2.23. The summed E-state index contributed by atoms with van der Waals surface area (Å²) in [4.78, 5) is 10.2. The van der Waals surface area contributed by atoms with E-state index < -0.39 is 4.92 Å². The lowest BCUT2D eigenvalue weighted by Crippen LogP contribution is -1.95. The van der Waals surface area contributed by atoms with Crippen LogP contribution in [0.1, 0.15) is 23.6 Å². The molecule has 0 fully saturated rings. The second-order valence-electron chi connectivity index (χ2n) is 5.11. The van der Waals surface area contributed by atoms with Crippen molar-refractivity contribution in [2.45, 2.75) is 12.5 Å². The molecule has 24 heavy (non-hydrogen) atoms. The van der Waals surface area contributed by atoms with Crippen molar-refractivity contribution in [3.63, 3.8) is 0 Å². The quantitative estimate of drug-likeness (QED) is 0.526. The fraction of sp³-hybridized carbons (Fsp3) is 0.125. The Morgan fingerprint density at radius 2 is 2.04 bits per heavy atom. The van der Waals surface area contributed by atoms with Crippen LogP contribution >= 0.6 is 0 Å². The van der Waals surface area contributed by atoms with Gasteiger partial charge in [-0.1, -0.05) is 30.3 Å². The molecule has 8 nitrogen and oxygen atoms in total. The number of hydrogen-bond acceptors (Lipinski definition) is 6. The van der Waals surface area contributed by atoms with Gasteiger partial charge in [-0.2, -0.15) is 10.2 Å². The van der Waals surface area contributed by atoms with Gasteiger partial charge in [0.1, 0.15) is 11.8 Å². The summed E-state index contributed by atoms with van der Waals surface area (Å²) in [6.07, 6.45) is 1.78. The van der Waals surface area contributed by atoms with Gasteiger partial charge in [0.25, 0.3) is 5.69 Å². The van der Waals surface area contributed by atoms with E-state index in [0.29, 0.717) is 12.3 Å². The minimum absolute atomic E-state index is 0.0774. The zero-order chi connectivity index (χ0) is 16.9. The first-order valence-corrected chi connectivity index (χ1v) is 7.16. The summed E-state index contributed by atoms with van der Waals surface area (Å²) < 4.78 is 0. The molecule has 0 saturated carbocycles. The second kappa shape index (κ2) is 6.78. The van der Waals surface area contributed by atoms with Gasteiger partial charge >= 0.3 is 0 Å². The van der Waals surface area contributed by atoms with Gasteiger partial charge in [-0.25, -0.2) is 0 Å². The third-order valence-electron chi connectivity index (χ3n) is 3.46. The van der Waals surface area contributed by atoms with Crippen LogP contribution in [0, 0.1) is 10.1 Å². The van der Waals surface area contributed by atoms with Crippen molar-refractivity contribution >= 4 is 17.7 Å². The Bertz CT molecular complexity index is 846. The molecule has 3 rings (SSSR count). The number of nitrogens with zero attached hydrogens (tertiary/aromatic N) is 5. The average molecular weight is 323 g/mol. The predicted octanol–water partition coefficient (Wildman–Crippen LogP) is 3.63. The average Bonchev–Trinajstić information content (AvgIpc) is 3.06. The molecule has 1 aliphatic rings. The van der Waals surface area contributed by atoms with Gasteiger partial charge in [-0.15, -0.1) is 10.2 Å². The molecule has 120 valence electrons. The molecule has 0 spiro atoms. The summed E-state index contributed by atoms with van der Waals surface area (Å²) >= 11 is 0. The van der Waals surface area contributed by atoms with Gasteiger partial charge in [0.2, 0.25) is 0 Å². The van der Waals surface area contributed by atoms with Gasteiger partial charge in [0, 0.05) is 24.1 Å². The first-order chi connectivity index (χ1) is 11.6. The van der Waals surface area contributed by atoms with Gasteiger partial charge in [0.05, 0.1) is 11.1 Å². The molecule has 8 heteroatoms. The Kier molecular flexibility index (Phi) is 4.37. The minimum Gasteiger partial charge on any atom is -0.507 e. The Labute approximate surface area is 137 Å². The highest BCUT2D eigenvalue weighted by molar-refractivity contribution is 5.87. The predicted molar refractivity (Wildman–Crippen MR) is 88.4 cm³/mol. The number of benzene rings is 2. The lowest BCUT2D eigenvalue weighted by atomic mass is 10.1. The van der Waals surface area contributed by atoms with Crippen molar-refractivity contribution in [1.82, 2.24) is 0 Å². The molecule has 1 atom stereocenters. The van der Waals surface area contributed by atoms with Crippen LogP contribution < -0.4 is 0 Å². The first-order valence-electron chi connectivity index (χ1n) is 7.16. The standard InChI is InChI=1S/C16H13N5O3/c22-15-7-6-13(21(23)24)8-12(15)10-17-19-16-9-14(18-20-16)11-4-2-1-3-5-11/h1-8,10,14,22H,9H2/b17-10+,19-16+/t14-/m0/s1. The number of aromatic hydroxyl groups is 1. The van der Waals surface area contributed by atoms with Crippen LogP contribution in [0.3, 0.4) is 0 Å². The number of non-ortho nitro benzene ring substituents is 1. The maximum Gasteiger partial charge on any atom is 0.270 e. The van der Waals surface area contributed by atoms with Crippen molar-refractivity contribution in [1.29, 1.82) is 0 Å². The van der Waals surface area contributed by atoms with Crippen molar-refractivity contribution in [3.8, 4) is 5.75 Å². The minimum atomic E-state index is -0.543. The van der Waals surface area contributed by atoms with E-state index in [-0.39, 0.29) is 23.0 Å². The summed E-state index contributed by atoms with van der Waals surface area (Å²) in [5.41, 5.74) is 1.13. The number of phenols is 1. The van der Waals surface area contributed by atoms with Gasteiger partial charge in [0.15, 0.2) is 5.84 Å². The highest BCUT2D eigenvalue weighted by atomic mass is 16.6. The maximum atomic E-state index is 10.7. The Morgan fingerprint density at radius 1 is 1.25 bits per heavy atom. The maximum absolute atomic E-state index is 10.7. The third kappa shape index (κ3) is 3.49. The normalized spacial score (nSPS) is 18.5. The molecule has 1 heterocycles. The summed E-state index contributed by atoms with van der Waals surface area (Å²) in [6, 6.07) is 13.3. The van der Waals surface area contributed by atoms with Crippen LogP contribution in [0.15, 0.2) is 69.0 Å². The number of nitro benzene ring substituents is 1. The smallest absolute Gasteiger partial charge is 0.270 e. The second-order valence-corrected chi connectivity index (χ2v) is 5.11. The van der Waals surface area contributed by atoms with E-state index in [2.05, 4.69) is 20.4 Å². The highest BCUT2D eigenvalue weighted by Gasteiger charge is 2.19. The van der Waals surface area contributed by atoms with E-state index in [1.165, 1.54) is 24.4 Å². The third-order valence-corrected chi connectivity index (χ3v) is 3.46. The van der Waals surface area contributed by atoms with E-state index in [4.69, 9.17) is 0 Å². The van der Waals surface area contributed by atoms with Crippen molar-refractivity contribution in [2.75, 3.05) is 0 Å². The zero-order valence-electron chi connectivity index (χ0n) is 12.5. The largest absolute Gasteiger partial charge is 0.507 e. The molecule has 0 amide bonds. The molecule has 0 aromatic heterocycles.